The summed E-state index contributed by atoms with van der Waals surface area (Å²) in [6, 6.07) is 17.5. The van der Waals surface area contributed by atoms with Crippen molar-refractivity contribution in [2.75, 3.05) is 0 Å². The van der Waals surface area contributed by atoms with Crippen molar-refractivity contribution in [3.63, 3.8) is 0 Å². The Labute approximate surface area is 158 Å². The van der Waals surface area contributed by atoms with Gasteiger partial charge in [-0.15, -0.1) is 0 Å². The second-order valence-corrected chi connectivity index (χ2v) is 11.7. The fraction of sp³-hybridized carbons (Fsp3) is 0.0526. The molecule has 0 aliphatic carbocycles. The van der Waals surface area contributed by atoms with Gasteiger partial charge in [0.25, 0.3) is 0 Å². The van der Waals surface area contributed by atoms with Crippen molar-refractivity contribution in [2.24, 2.45) is 0 Å². The first kappa shape index (κ1) is 18.9. The Balaban J connectivity index is 2.09. The van der Waals surface area contributed by atoms with Gasteiger partial charge in [-0.05, 0) is 0 Å². The van der Waals surface area contributed by atoms with Gasteiger partial charge >= 0.3 is 159 Å². The maximum atomic E-state index is 14.3. The molecule has 136 valence electrons. The van der Waals surface area contributed by atoms with Gasteiger partial charge in [0.15, 0.2) is 0 Å². The van der Waals surface area contributed by atoms with Crippen molar-refractivity contribution < 1.29 is 19.7 Å². The van der Waals surface area contributed by atoms with Crippen LogP contribution in [0.1, 0.15) is 5.56 Å². The van der Waals surface area contributed by atoms with Crippen LogP contribution in [0, 0.1) is 25.7 Å². The van der Waals surface area contributed by atoms with Crippen molar-refractivity contribution in [1.82, 2.24) is 0 Å². The Hall–Kier alpha value is -1.84. The molecule has 0 bridgehead atoms. The van der Waals surface area contributed by atoms with E-state index in [1.807, 2.05) is 6.92 Å². The van der Waals surface area contributed by atoms with E-state index in [-0.39, 0.29) is 12.0 Å². The standard InChI is InChI=1S/C19H15F2IO3S/c1-14-10-12-15(13-11-14)26(23,24)25-22(18-8-4-2-6-16(18)20)19-9-5-3-7-17(19)21/h2-13H,1H3. The number of benzene rings is 3. The molecule has 3 aromatic rings. The Morgan fingerprint density at radius 2 is 1.23 bits per heavy atom. The van der Waals surface area contributed by atoms with Crippen molar-refractivity contribution >= 4 is 30.4 Å². The van der Waals surface area contributed by atoms with Gasteiger partial charge < -0.3 is 0 Å². The second kappa shape index (κ2) is 7.81. The molecule has 0 aliphatic rings. The normalized spacial score (nSPS) is 12.0. The van der Waals surface area contributed by atoms with Crippen LogP contribution < -0.4 is 0 Å². The van der Waals surface area contributed by atoms with E-state index in [2.05, 4.69) is 0 Å². The average Bonchev–Trinajstić information content (AvgIpc) is 2.61. The summed E-state index contributed by atoms with van der Waals surface area (Å²) >= 11 is -3.40. The molecule has 7 heteroatoms. The van der Waals surface area contributed by atoms with Crippen LogP contribution in [0.25, 0.3) is 0 Å². The monoisotopic (exact) mass is 488 g/mol. The summed E-state index contributed by atoms with van der Waals surface area (Å²) < 4.78 is 59.7. The van der Waals surface area contributed by atoms with Crippen LogP contribution in [0.3, 0.4) is 0 Å². The van der Waals surface area contributed by atoms with Crippen LogP contribution in [-0.4, -0.2) is 8.42 Å². The Morgan fingerprint density at radius 3 is 1.69 bits per heavy atom. The number of hydrogen-bond donors (Lipinski definition) is 0. The Kier molecular flexibility index (Phi) is 5.69. The molecule has 0 heterocycles. The average molecular weight is 488 g/mol. The van der Waals surface area contributed by atoms with Crippen LogP contribution in [0.2, 0.25) is 0 Å². The third-order valence-electron chi connectivity index (χ3n) is 3.47. The topological polar surface area (TPSA) is 43.4 Å². The van der Waals surface area contributed by atoms with Crippen molar-refractivity contribution in [3.8, 4) is 0 Å². The van der Waals surface area contributed by atoms with Gasteiger partial charge in [-0.1, -0.05) is 0 Å². The summed E-state index contributed by atoms with van der Waals surface area (Å²) in [5.41, 5.74) is 0.891. The minimum absolute atomic E-state index is 0.0434. The molecular formula is C19H15F2IO3S. The molecule has 26 heavy (non-hydrogen) atoms. The SMILES string of the molecule is Cc1ccc(S(=O)(=O)OI(c2ccccc2F)c2ccccc2F)cc1. The zero-order valence-electron chi connectivity index (χ0n) is 13.7. The van der Waals surface area contributed by atoms with E-state index >= 15 is 0 Å². The van der Waals surface area contributed by atoms with Crippen LogP contribution in [0.4, 0.5) is 8.78 Å². The molecule has 0 N–H and O–H groups in total. The molecule has 0 saturated heterocycles. The van der Waals surface area contributed by atoms with Gasteiger partial charge in [0.1, 0.15) is 0 Å². The number of hydrogen-bond acceptors (Lipinski definition) is 3. The van der Waals surface area contributed by atoms with Crippen molar-refractivity contribution in [2.45, 2.75) is 11.8 Å². The summed E-state index contributed by atoms with van der Waals surface area (Å²) in [6.45, 7) is 1.83. The van der Waals surface area contributed by atoms with E-state index in [1.54, 1.807) is 24.3 Å². The van der Waals surface area contributed by atoms with E-state index in [0.717, 1.165) is 5.56 Å². The fourth-order valence-corrected chi connectivity index (χ4v) is 9.20. The molecule has 0 amide bonds. The Morgan fingerprint density at radius 1 is 0.769 bits per heavy atom. The molecule has 0 radical (unpaired) electrons. The summed E-state index contributed by atoms with van der Waals surface area (Å²) in [5.74, 6) is -1.22. The molecule has 3 nitrogen and oxygen atoms in total. The quantitative estimate of drug-likeness (QED) is 0.468. The van der Waals surface area contributed by atoms with Gasteiger partial charge in [-0.25, -0.2) is 0 Å². The summed E-state index contributed by atoms with van der Waals surface area (Å²) in [5, 5.41) is 0. The maximum absolute atomic E-state index is 14.3. The van der Waals surface area contributed by atoms with Gasteiger partial charge in [0.2, 0.25) is 0 Å². The summed E-state index contributed by atoms with van der Waals surface area (Å²) in [7, 11) is -4.17. The van der Waals surface area contributed by atoms with E-state index in [9.17, 15) is 17.2 Å². The molecular weight excluding hydrogens is 473 g/mol. The second-order valence-electron chi connectivity index (χ2n) is 5.41. The number of halogens is 3. The van der Waals surface area contributed by atoms with Gasteiger partial charge in [-0.2, -0.15) is 0 Å². The number of rotatable bonds is 5. The molecule has 3 aromatic carbocycles. The summed E-state index contributed by atoms with van der Waals surface area (Å²) in [6.07, 6.45) is 0. The number of aryl methyl sites for hydroxylation is 1. The van der Waals surface area contributed by atoms with Gasteiger partial charge in [-0.3, -0.25) is 0 Å². The third kappa shape index (κ3) is 4.11. The van der Waals surface area contributed by atoms with E-state index < -0.39 is 42.0 Å². The van der Waals surface area contributed by atoms with Gasteiger partial charge in [0, 0.05) is 0 Å². The van der Waals surface area contributed by atoms with Crippen LogP contribution >= 0.6 is 20.2 Å². The zero-order valence-corrected chi connectivity index (χ0v) is 16.7. The van der Waals surface area contributed by atoms with E-state index in [0.29, 0.717) is 0 Å². The predicted molar refractivity (Wildman–Crippen MR) is 104 cm³/mol. The molecule has 0 aliphatic heterocycles. The Bertz CT molecular complexity index is 975. The molecule has 3 rings (SSSR count). The van der Waals surface area contributed by atoms with E-state index in [1.165, 1.54) is 48.5 Å². The van der Waals surface area contributed by atoms with Crippen LogP contribution in [0.5, 0.6) is 0 Å². The molecule has 0 unspecified atom stereocenters. The third-order valence-corrected chi connectivity index (χ3v) is 11.0. The summed E-state index contributed by atoms with van der Waals surface area (Å²) in [4.78, 5) is -0.0434. The molecule has 0 aromatic heterocycles. The fourth-order valence-electron chi connectivity index (χ4n) is 2.16. The molecule has 0 atom stereocenters. The molecule has 0 fully saturated rings. The first-order valence-corrected chi connectivity index (χ1v) is 12.0. The van der Waals surface area contributed by atoms with Crippen LogP contribution in [0.15, 0.2) is 77.7 Å². The minimum atomic E-state index is -4.17. The zero-order chi connectivity index (χ0) is 18.7. The molecule has 0 spiro atoms. The van der Waals surface area contributed by atoms with E-state index in [4.69, 9.17) is 2.51 Å². The van der Waals surface area contributed by atoms with Crippen molar-refractivity contribution in [1.29, 1.82) is 0 Å². The van der Waals surface area contributed by atoms with Crippen LogP contribution in [-0.2, 0) is 12.6 Å². The van der Waals surface area contributed by atoms with Gasteiger partial charge in [0.05, 0.1) is 0 Å². The van der Waals surface area contributed by atoms with Crippen molar-refractivity contribution in [3.05, 3.63) is 97.1 Å². The molecule has 0 saturated carbocycles. The first-order valence-electron chi connectivity index (χ1n) is 7.59. The predicted octanol–water partition coefficient (Wildman–Crippen LogP) is 5.14. The first-order chi connectivity index (χ1) is 12.4.